The van der Waals surface area contributed by atoms with Crippen molar-refractivity contribution >= 4 is 0 Å². The van der Waals surface area contributed by atoms with Gasteiger partial charge in [0, 0.05) is 0 Å². The first-order valence-corrected chi connectivity index (χ1v) is 6.50. The summed E-state index contributed by atoms with van der Waals surface area (Å²) >= 11 is 0. The van der Waals surface area contributed by atoms with Crippen LogP contribution in [0.3, 0.4) is 0 Å². The molecule has 0 aliphatic heterocycles. The van der Waals surface area contributed by atoms with E-state index < -0.39 is 6.10 Å². The zero-order valence-electron chi connectivity index (χ0n) is 10.8. The van der Waals surface area contributed by atoms with Gasteiger partial charge in [-0.05, 0) is 30.5 Å². The summed E-state index contributed by atoms with van der Waals surface area (Å²) in [6.07, 6.45) is 4.43. The van der Waals surface area contributed by atoms with E-state index in [1.54, 1.807) is 7.11 Å². The number of ether oxygens (including phenoxy) is 1. The molecule has 2 rings (SSSR count). The van der Waals surface area contributed by atoms with Gasteiger partial charge in [-0.1, -0.05) is 25.0 Å². The minimum absolute atomic E-state index is 0.308. The Labute approximate surface area is 108 Å². The fourth-order valence-electron chi connectivity index (χ4n) is 2.22. The van der Waals surface area contributed by atoms with Crippen molar-refractivity contribution in [3.8, 4) is 5.75 Å². The molecule has 0 heterocycles. The van der Waals surface area contributed by atoms with Crippen LogP contribution in [0.25, 0.3) is 0 Å². The Hall–Kier alpha value is -1.10. The van der Waals surface area contributed by atoms with E-state index in [0.717, 1.165) is 24.2 Å². The van der Waals surface area contributed by atoms with E-state index in [-0.39, 0.29) is 0 Å². The highest BCUT2D eigenvalue weighted by Crippen LogP contribution is 2.21. The molecule has 1 aliphatic rings. The highest BCUT2D eigenvalue weighted by Gasteiger charge is 2.16. The van der Waals surface area contributed by atoms with Gasteiger partial charge in [0.2, 0.25) is 0 Å². The lowest BCUT2D eigenvalue weighted by Crippen LogP contribution is -2.26. The summed E-state index contributed by atoms with van der Waals surface area (Å²) < 4.78 is 5.13. The molecule has 4 heteroatoms. The SMILES string of the molecule is COc1cccc(C(O)CNOC2CCCC2)c1. The molecule has 0 radical (unpaired) electrons. The lowest BCUT2D eigenvalue weighted by Gasteiger charge is -2.15. The first-order valence-electron chi connectivity index (χ1n) is 6.50. The van der Waals surface area contributed by atoms with Gasteiger partial charge < -0.3 is 9.84 Å². The largest absolute Gasteiger partial charge is 0.497 e. The maximum Gasteiger partial charge on any atom is 0.119 e. The third-order valence-corrected chi connectivity index (χ3v) is 3.31. The molecule has 1 fully saturated rings. The second-order valence-electron chi connectivity index (χ2n) is 4.67. The number of hydroxylamine groups is 1. The van der Waals surface area contributed by atoms with E-state index in [1.165, 1.54) is 12.8 Å². The second-order valence-corrected chi connectivity index (χ2v) is 4.67. The molecule has 0 amide bonds. The van der Waals surface area contributed by atoms with Crippen LogP contribution in [0.15, 0.2) is 24.3 Å². The summed E-state index contributed by atoms with van der Waals surface area (Å²) in [5.74, 6) is 0.753. The number of aliphatic hydroxyl groups excluding tert-OH is 1. The van der Waals surface area contributed by atoms with E-state index in [1.807, 2.05) is 24.3 Å². The highest BCUT2D eigenvalue weighted by molar-refractivity contribution is 5.29. The number of rotatable bonds is 6. The molecule has 18 heavy (non-hydrogen) atoms. The van der Waals surface area contributed by atoms with Crippen LogP contribution < -0.4 is 10.2 Å². The molecule has 0 spiro atoms. The summed E-state index contributed by atoms with van der Waals surface area (Å²) in [7, 11) is 1.62. The Morgan fingerprint density at radius 1 is 1.39 bits per heavy atom. The van der Waals surface area contributed by atoms with Crippen LogP contribution in [0.5, 0.6) is 5.75 Å². The van der Waals surface area contributed by atoms with Crippen molar-refractivity contribution < 1.29 is 14.7 Å². The zero-order chi connectivity index (χ0) is 12.8. The van der Waals surface area contributed by atoms with E-state index in [4.69, 9.17) is 9.57 Å². The Balaban J connectivity index is 1.77. The van der Waals surface area contributed by atoms with E-state index in [9.17, 15) is 5.11 Å². The molecule has 1 aromatic rings. The topological polar surface area (TPSA) is 50.7 Å². The van der Waals surface area contributed by atoms with Crippen molar-refractivity contribution in [2.24, 2.45) is 0 Å². The Morgan fingerprint density at radius 2 is 2.17 bits per heavy atom. The van der Waals surface area contributed by atoms with E-state index in [2.05, 4.69) is 5.48 Å². The van der Waals surface area contributed by atoms with E-state index >= 15 is 0 Å². The third-order valence-electron chi connectivity index (χ3n) is 3.31. The van der Waals surface area contributed by atoms with Gasteiger partial charge in [0.05, 0.1) is 25.9 Å². The lowest BCUT2D eigenvalue weighted by atomic mass is 10.1. The van der Waals surface area contributed by atoms with Crippen LogP contribution in [0.4, 0.5) is 0 Å². The van der Waals surface area contributed by atoms with Crippen molar-refractivity contribution in [2.45, 2.75) is 37.9 Å². The van der Waals surface area contributed by atoms with Crippen LogP contribution in [-0.4, -0.2) is 24.9 Å². The molecule has 4 nitrogen and oxygen atoms in total. The van der Waals surface area contributed by atoms with Crippen LogP contribution in [0.2, 0.25) is 0 Å². The second kappa shape index (κ2) is 6.73. The lowest BCUT2D eigenvalue weighted by molar-refractivity contribution is -0.0372. The van der Waals surface area contributed by atoms with Crippen LogP contribution in [0.1, 0.15) is 37.4 Å². The number of hydrogen-bond acceptors (Lipinski definition) is 4. The summed E-state index contributed by atoms with van der Waals surface area (Å²) in [6.45, 7) is 0.393. The summed E-state index contributed by atoms with van der Waals surface area (Å²) in [5, 5.41) is 10.0. The quantitative estimate of drug-likeness (QED) is 0.761. The molecular formula is C14H21NO3. The Kier molecular flexibility index (Phi) is 4.99. The average Bonchev–Trinajstić information content (AvgIpc) is 2.92. The van der Waals surface area contributed by atoms with Crippen molar-refractivity contribution in [3.63, 3.8) is 0 Å². The minimum Gasteiger partial charge on any atom is -0.497 e. The average molecular weight is 251 g/mol. The summed E-state index contributed by atoms with van der Waals surface area (Å²) in [4.78, 5) is 5.51. The Bertz CT molecular complexity index is 364. The fourth-order valence-corrected chi connectivity index (χ4v) is 2.22. The number of aliphatic hydroxyl groups is 1. The van der Waals surface area contributed by atoms with Gasteiger partial charge in [0.15, 0.2) is 0 Å². The molecular weight excluding hydrogens is 230 g/mol. The fraction of sp³-hybridized carbons (Fsp3) is 0.571. The van der Waals surface area contributed by atoms with Gasteiger partial charge >= 0.3 is 0 Å². The maximum atomic E-state index is 10.0. The molecule has 0 saturated heterocycles. The van der Waals surface area contributed by atoms with Gasteiger partial charge in [-0.2, -0.15) is 5.48 Å². The summed E-state index contributed by atoms with van der Waals surface area (Å²) in [5.41, 5.74) is 3.70. The van der Waals surface area contributed by atoms with Crippen molar-refractivity contribution in [1.29, 1.82) is 0 Å². The highest BCUT2D eigenvalue weighted by atomic mass is 16.7. The first-order chi connectivity index (χ1) is 8.79. The van der Waals surface area contributed by atoms with E-state index in [0.29, 0.717) is 12.6 Å². The van der Waals surface area contributed by atoms with Gasteiger partial charge in [0.25, 0.3) is 0 Å². The van der Waals surface area contributed by atoms with Crippen LogP contribution in [0, 0.1) is 0 Å². The number of benzene rings is 1. The molecule has 1 saturated carbocycles. The molecule has 2 N–H and O–H groups in total. The maximum absolute atomic E-state index is 10.0. The van der Waals surface area contributed by atoms with Crippen molar-refractivity contribution in [2.75, 3.05) is 13.7 Å². The van der Waals surface area contributed by atoms with Gasteiger partial charge in [-0.3, -0.25) is 4.84 Å². The molecule has 1 atom stereocenters. The predicted octanol–water partition coefficient (Wildman–Crippen LogP) is 2.19. The Morgan fingerprint density at radius 3 is 2.89 bits per heavy atom. The molecule has 1 unspecified atom stereocenters. The normalized spacial score (nSPS) is 17.9. The standard InChI is InChI=1S/C14H21NO3/c1-17-13-8-4-5-11(9-13)14(16)10-15-18-12-6-2-3-7-12/h4-5,8-9,12,14-16H,2-3,6-7,10H2,1H3. The monoisotopic (exact) mass is 251 g/mol. The predicted molar refractivity (Wildman–Crippen MR) is 69.3 cm³/mol. The summed E-state index contributed by atoms with van der Waals surface area (Å²) in [6, 6.07) is 7.44. The van der Waals surface area contributed by atoms with Crippen molar-refractivity contribution in [3.05, 3.63) is 29.8 Å². The van der Waals surface area contributed by atoms with Gasteiger partial charge in [-0.15, -0.1) is 0 Å². The minimum atomic E-state index is -0.582. The molecule has 0 aromatic heterocycles. The van der Waals surface area contributed by atoms with Crippen LogP contribution >= 0.6 is 0 Å². The number of methoxy groups -OCH3 is 1. The molecule has 1 aliphatic carbocycles. The first kappa shape index (κ1) is 13.3. The number of nitrogens with one attached hydrogen (secondary N) is 1. The molecule has 100 valence electrons. The van der Waals surface area contributed by atoms with Gasteiger partial charge in [-0.25, -0.2) is 0 Å². The van der Waals surface area contributed by atoms with Gasteiger partial charge in [0.1, 0.15) is 5.75 Å². The zero-order valence-corrected chi connectivity index (χ0v) is 10.8. The molecule has 0 bridgehead atoms. The van der Waals surface area contributed by atoms with Crippen molar-refractivity contribution in [1.82, 2.24) is 5.48 Å². The third kappa shape index (κ3) is 3.70. The number of hydrogen-bond donors (Lipinski definition) is 2. The van der Waals surface area contributed by atoms with Crippen LogP contribution in [-0.2, 0) is 4.84 Å². The molecule has 1 aromatic carbocycles. The smallest absolute Gasteiger partial charge is 0.119 e.